The molecular formula is C15H22N2O2. The van der Waals surface area contributed by atoms with Crippen LogP contribution in [0.25, 0.3) is 6.08 Å². The van der Waals surface area contributed by atoms with Crippen LogP contribution in [0.1, 0.15) is 31.4 Å². The molecule has 1 unspecified atom stereocenters. The molecule has 0 fully saturated rings. The lowest BCUT2D eigenvalue weighted by atomic mass is 10.0. The number of carbonyl (C=O) groups is 1. The van der Waals surface area contributed by atoms with E-state index >= 15 is 0 Å². The molecule has 0 radical (unpaired) electrons. The van der Waals surface area contributed by atoms with Gasteiger partial charge in [-0.3, -0.25) is 9.78 Å². The second-order valence-electron chi connectivity index (χ2n) is 5.15. The molecule has 0 aliphatic rings. The van der Waals surface area contributed by atoms with Crippen molar-refractivity contribution in [3.05, 3.63) is 35.7 Å². The fourth-order valence-electron chi connectivity index (χ4n) is 1.84. The topological polar surface area (TPSA) is 62.2 Å². The zero-order chi connectivity index (χ0) is 14.3. The number of aliphatic hydroxyl groups excluding tert-OH is 1. The van der Waals surface area contributed by atoms with Crippen molar-refractivity contribution < 1.29 is 9.90 Å². The molecule has 1 heterocycles. The van der Waals surface area contributed by atoms with Crippen LogP contribution in [-0.4, -0.2) is 28.6 Å². The second-order valence-corrected chi connectivity index (χ2v) is 5.15. The van der Waals surface area contributed by atoms with Crippen molar-refractivity contribution in [3.8, 4) is 0 Å². The number of aliphatic hydroxyl groups is 1. The molecule has 0 aliphatic heterocycles. The quantitative estimate of drug-likeness (QED) is 0.770. The van der Waals surface area contributed by atoms with Gasteiger partial charge in [0.2, 0.25) is 5.91 Å². The third-order valence-corrected chi connectivity index (χ3v) is 2.65. The lowest BCUT2D eigenvalue weighted by Gasteiger charge is -2.17. The normalized spacial score (nSPS) is 12.9. The number of amides is 1. The summed E-state index contributed by atoms with van der Waals surface area (Å²) >= 11 is 0. The molecule has 0 aliphatic carbocycles. The van der Waals surface area contributed by atoms with Gasteiger partial charge in [-0.05, 0) is 42.5 Å². The van der Waals surface area contributed by atoms with Crippen LogP contribution in [0, 0.1) is 12.8 Å². The largest absolute Gasteiger partial charge is 0.394 e. The van der Waals surface area contributed by atoms with E-state index in [1.165, 1.54) is 6.08 Å². The third kappa shape index (κ3) is 6.15. The predicted octanol–water partition coefficient (Wildman–Crippen LogP) is 1.93. The van der Waals surface area contributed by atoms with Crippen LogP contribution < -0.4 is 5.32 Å². The Kier molecular flexibility index (Phi) is 6.22. The Morgan fingerprint density at radius 3 is 2.79 bits per heavy atom. The van der Waals surface area contributed by atoms with Crippen molar-refractivity contribution in [2.75, 3.05) is 6.61 Å². The van der Waals surface area contributed by atoms with E-state index in [0.717, 1.165) is 17.5 Å². The third-order valence-electron chi connectivity index (χ3n) is 2.65. The number of hydrogen-bond acceptors (Lipinski definition) is 3. The van der Waals surface area contributed by atoms with E-state index in [2.05, 4.69) is 24.1 Å². The first-order valence-electron chi connectivity index (χ1n) is 6.52. The number of hydrogen-bond donors (Lipinski definition) is 2. The van der Waals surface area contributed by atoms with E-state index in [9.17, 15) is 9.90 Å². The van der Waals surface area contributed by atoms with Gasteiger partial charge in [0.1, 0.15) is 0 Å². The highest BCUT2D eigenvalue weighted by Gasteiger charge is 2.11. The Labute approximate surface area is 114 Å². The fraction of sp³-hybridized carbons (Fsp3) is 0.467. The Hall–Kier alpha value is -1.68. The summed E-state index contributed by atoms with van der Waals surface area (Å²) in [6.45, 7) is 6.03. The van der Waals surface area contributed by atoms with Crippen LogP contribution in [0.3, 0.4) is 0 Å². The first-order valence-corrected chi connectivity index (χ1v) is 6.52. The van der Waals surface area contributed by atoms with Crippen LogP contribution >= 0.6 is 0 Å². The summed E-state index contributed by atoms with van der Waals surface area (Å²) in [7, 11) is 0. The maximum absolute atomic E-state index is 11.7. The van der Waals surface area contributed by atoms with Gasteiger partial charge in [-0.2, -0.15) is 0 Å². The highest BCUT2D eigenvalue weighted by molar-refractivity contribution is 5.91. The standard InChI is InChI=1S/C15H22N2O2/c1-11(2)6-14(10-18)17-15(19)5-4-13-7-12(3)8-16-9-13/h4-5,7-9,11,14,18H,6,10H2,1-3H3,(H,17,19)/b5-4+. The number of nitrogens with one attached hydrogen (secondary N) is 1. The average Bonchev–Trinajstić information content (AvgIpc) is 2.35. The van der Waals surface area contributed by atoms with E-state index < -0.39 is 0 Å². The molecule has 0 saturated heterocycles. The Morgan fingerprint density at radius 1 is 1.47 bits per heavy atom. The summed E-state index contributed by atoms with van der Waals surface area (Å²) in [4.78, 5) is 15.8. The molecule has 19 heavy (non-hydrogen) atoms. The molecule has 104 valence electrons. The summed E-state index contributed by atoms with van der Waals surface area (Å²) < 4.78 is 0. The van der Waals surface area contributed by atoms with Gasteiger partial charge in [0.05, 0.1) is 12.6 Å². The van der Waals surface area contributed by atoms with Crippen molar-refractivity contribution in [2.24, 2.45) is 5.92 Å². The molecule has 1 atom stereocenters. The van der Waals surface area contributed by atoms with E-state index in [0.29, 0.717) is 5.92 Å². The SMILES string of the molecule is Cc1cncc(/C=C/C(=O)NC(CO)CC(C)C)c1. The minimum atomic E-state index is -0.193. The molecule has 4 heteroatoms. The zero-order valence-corrected chi connectivity index (χ0v) is 11.8. The molecule has 1 aromatic rings. The zero-order valence-electron chi connectivity index (χ0n) is 11.8. The van der Waals surface area contributed by atoms with E-state index in [-0.39, 0.29) is 18.6 Å². The van der Waals surface area contributed by atoms with Gasteiger partial charge in [0.15, 0.2) is 0 Å². The smallest absolute Gasteiger partial charge is 0.244 e. The number of carbonyl (C=O) groups excluding carboxylic acids is 1. The molecule has 0 bridgehead atoms. The Bertz CT molecular complexity index is 442. The highest BCUT2D eigenvalue weighted by Crippen LogP contribution is 2.05. The molecule has 1 aromatic heterocycles. The molecule has 1 rings (SSSR count). The van der Waals surface area contributed by atoms with E-state index in [1.54, 1.807) is 18.5 Å². The van der Waals surface area contributed by atoms with Crippen LogP contribution in [0.2, 0.25) is 0 Å². The highest BCUT2D eigenvalue weighted by atomic mass is 16.3. The maximum Gasteiger partial charge on any atom is 0.244 e. The number of aromatic nitrogens is 1. The fourth-order valence-corrected chi connectivity index (χ4v) is 1.84. The first kappa shape index (κ1) is 15.4. The Balaban J connectivity index is 2.54. The lowest BCUT2D eigenvalue weighted by Crippen LogP contribution is -2.37. The van der Waals surface area contributed by atoms with Crippen molar-refractivity contribution in [1.82, 2.24) is 10.3 Å². The summed E-state index contributed by atoms with van der Waals surface area (Å²) in [5.74, 6) is 0.239. The van der Waals surface area contributed by atoms with E-state index in [1.807, 2.05) is 13.0 Å². The minimum Gasteiger partial charge on any atom is -0.394 e. The molecule has 0 spiro atoms. The Morgan fingerprint density at radius 2 is 2.21 bits per heavy atom. The van der Waals surface area contributed by atoms with Crippen LogP contribution in [-0.2, 0) is 4.79 Å². The molecular weight excluding hydrogens is 240 g/mol. The number of nitrogens with zero attached hydrogens (tertiary/aromatic N) is 1. The maximum atomic E-state index is 11.7. The van der Waals surface area contributed by atoms with Crippen molar-refractivity contribution in [3.63, 3.8) is 0 Å². The summed E-state index contributed by atoms with van der Waals surface area (Å²) in [6.07, 6.45) is 7.43. The number of pyridine rings is 1. The second kappa shape index (κ2) is 7.69. The monoisotopic (exact) mass is 262 g/mol. The summed E-state index contributed by atoms with van der Waals surface area (Å²) in [5, 5.41) is 12.0. The summed E-state index contributed by atoms with van der Waals surface area (Å²) in [6, 6.07) is 1.77. The molecule has 1 amide bonds. The lowest BCUT2D eigenvalue weighted by molar-refractivity contribution is -0.117. The molecule has 4 nitrogen and oxygen atoms in total. The van der Waals surface area contributed by atoms with Gasteiger partial charge >= 0.3 is 0 Å². The van der Waals surface area contributed by atoms with Crippen molar-refractivity contribution >= 4 is 12.0 Å². The first-order chi connectivity index (χ1) is 9.01. The number of rotatable bonds is 6. The average molecular weight is 262 g/mol. The van der Waals surface area contributed by atoms with Crippen LogP contribution in [0.15, 0.2) is 24.5 Å². The van der Waals surface area contributed by atoms with Gasteiger partial charge in [0, 0.05) is 18.5 Å². The molecule has 2 N–H and O–H groups in total. The number of aryl methyl sites for hydroxylation is 1. The minimum absolute atomic E-state index is 0.0379. The van der Waals surface area contributed by atoms with Crippen LogP contribution in [0.4, 0.5) is 0 Å². The van der Waals surface area contributed by atoms with Crippen molar-refractivity contribution in [1.29, 1.82) is 0 Å². The van der Waals surface area contributed by atoms with E-state index in [4.69, 9.17) is 0 Å². The summed E-state index contributed by atoms with van der Waals surface area (Å²) in [5.41, 5.74) is 1.94. The molecule has 0 saturated carbocycles. The van der Waals surface area contributed by atoms with Crippen molar-refractivity contribution in [2.45, 2.75) is 33.2 Å². The van der Waals surface area contributed by atoms with Gasteiger partial charge in [-0.1, -0.05) is 13.8 Å². The van der Waals surface area contributed by atoms with Gasteiger partial charge in [-0.15, -0.1) is 0 Å². The van der Waals surface area contributed by atoms with Gasteiger partial charge < -0.3 is 10.4 Å². The van der Waals surface area contributed by atoms with Crippen LogP contribution in [0.5, 0.6) is 0 Å². The molecule has 0 aromatic carbocycles. The van der Waals surface area contributed by atoms with Gasteiger partial charge in [-0.25, -0.2) is 0 Å². The van der Waals surface area contributed by atoms with Gasteiger partial charge in [0.25, 0.3) is 0 Å². The predicted molar refractivity (Wildman–Crippen MR) is 76.5 cm³/mol.